The number of nitrogens with one attached hydrogen (secondary N) is 1. The second-order valence-electron chi connectivity index (χ2n) is 6.16. The Labute approximate surface area is 153 Å². The van der Waals surface area contributed by atoms with Crippen LogP contribution in [0.3, 0.4) is 0 Å². The Kier molecular flexibility index (Phi) is 5.49. The van der Waals surface area contributed by atoms with E-state index in [1.807, 2.05) is 66.7 Å². The molecule has 1 unspecified atom stereocenters. The Morgan fingerprint density at radius 2 is 1.54 bits per heavy atom. The molecule has 0 saturated carbocycles. The minimum absolute atomic E-state index is 0.720. The fraction of sp³-hybridized carbons (Fsp3) is 0.0870. The summed E-state index contributed by atoms with van der Waals surface area (Å²) in [4.78, 5) is 11.7. The summed E-state index contributed by atoms with van der Waals surface area (Å²) in [6.45, 7) is 2.06. The van der Waals surface area contributed by atoms with Crippen molar-refractivity contribution in [2.45, 2.75) is 13.0 Å². The SMILES string of the molecule is Cc1ccc(/C=C/c2ccccc2NC(C(=O)O)c2ccccc2)cc1. The highest BCUT2D eigenvalue weighted by molar-refractivity contribution is 5.82. The van der Waals surface area contributed by atoms with Crippen molar-refractivity contribution in [3.05, 3.63) is 101 Å². The molecule has 0 fully saturated rings. The van der Waals surface area contributed by atoms with Gasteiger partial charge >= 0.3 is 5.97 Å². The second-order valence-corrected chi connectivity index (χ2v) is 6.16. The lowest BCUT2D eigenvalue weighted by Gasteiger charge is -2.18. The van der Waals surface area contributed by atoms with Gasteiger partial charge in [0.1, 0.15) is 0 Å². The first kappa shape index (κ1) is 17.5. The molecule has 0 aliphatic heterocycles. The predicted molar refractivity (Wildman–Crippen MR) is 107 cm³/mol. The molecule has 3 aromatic rings. The molecule has 0 spiro atoms. The summed E-state index contributed by atoms with van der Waals surface area (Å²) in [6, 6.07) is 24.4. The summed E-state index contributed by atoms with van der Waals surface area (Å²) in [5, 5.41) is 12.8. The van der Waals surface area contributed by atoms with E-state index >= 15 is 0 Å². The maximum Gasteiger partial charge on any atom is 0.330 e. The Morgan fingerprint density at radius 1 is 0.885 bits per heavy atom. The van der Waals surface area contributed by atoms with E-state index in [4.69, 9.17) is 0 Å². The number of carbonyl (C=O) groups is 1. The highest BCUT2D eigenvalue weighted by Gasteiger charge is 2.19. The first-order chi connectivity index (χ1) is 12.6. The fourth-order valence-electron chi connectivity index (χ4n) is 2.73. The Bertz CT molecular complexity index is 899. The molecule has 0 aliphatic carbocycles. The van der Waals surface area contributed by atoms with Gasteiger partial charge in [-0.25, -0.2) is 4.79 Å². The molecule has 130 valence electrons. The summed E-state index contributed by atoms with van der Waals surface area (Å²) in [7, 11) is 0. The van der Waals surface area contributed by atoms with Crippen molar-refractivity contribution in [2.75, 3.05) is 5.32 Å². The minimum atomic E-state index is -0.909. The molecular weight excluding hydrogens is 322 g/mol. The topological polar surface area (TPSA) is 49.3 Å². The van der Waals surface area contributed by atoms with Crippen LogP contribution in [0.5, 0.6) is 0 Å². The Balaban J connectivity index is 1.86. The lowest BCUT2D eigenvalue weighted by molar-refractivity contribution is -0.138. The third-order valence-electron chi connectivity index (χ3n) is 4.17. The van der Waals surface area contributed by atoms with E-state index in [2.05, 4.69) is 36.5 Å². The Hall–Kier alpha value is -3.33. The predicted octanol–water partition coefficient (Wildman–Crippen LogP) is 5.40. The zero-order chi connectivity index (χ0) is 18.4. The van der Waals surface area contributed by atoms with Crippen LogP contribution in [-0.4, -0.2) is 11.1 Å². The quantitative estimate of drug-likeness (QED) is 0.589. The van der Waals surface area contributed by atoms with Gasteiger partial charge in [0.25, 0.3) is 0 Å². The van der Waals surface area contributed by atoms with Crippen LogP contribution < -0.4 is 5.32 Å². The van der Waals surface area contributed by atoms with Crippen molar-refractivity contribution in [1.82, 2.24) is 0 Å². The molecular formula is C23H21NO2. The van der Waals surface area contributed by atoms with E-state index in [0.717, 1.165) is 22.4 Å². The van der Waals surface area contributed by atoms with E-state index < -0.39 is 12.0 Å². The van der Waals surface area contributed by atoms with Crippen molar-refractivity contribution in [3.8, 4) is 0 Å². The number of benzene rings is 3. The van der Waals surface area contributed by atoms with Gasteiger partial charge in [-0.1, -0.05) is 90.5 Å². The molecule has 1 atom stereocenters. The number of rotatable bonds is 6. The Morgan fingerprint density at radius 3 is 2.23 bits per heavy atom. The van der Waals surface area contributed by atoms with Crippen LogP contribution in [-0.2, 0) is 4.79 Å². The number of hydrogen-bond acceptors (Lipinski definition) is 2. The van der Waals surface area contributed by atoms with Gasteiger partial charge in [-0.2, -0.15) is 0 Å². The molecule has 3 aromatic carbocycles. The van der Waals surface area contributed by atoms with Crippen LogP contribution >= 0.6 is 0 Å². The average molecular weight is 343 g/mol. The van der Waals surface area contributed by atoms with E-state index in [9.17, 15) is 9.90 Å². The number of carboxylic acids is 1. The van der Waals surface area contributed by atoms with Crippen molar-refractivity contribution in [3.63, 3.8) is 0 Å². The van der Waals surface area contributed by atoms with Gasteiger partial charge in [-0.15, -0.1) is 0 Å². The molecule has 0 radical (unpaired) electrons. The third kappa shape index (κ3) is 4.39. The monoisotopic (exact) mass is 343 g/mol. The number of aliphatic carboxylic acids is 1. The molecule has 0 aliphatic rings. The number of aryl methyl sites for hydroxylation is 1. The van der Waals surface area contributed by atoms with Crippen molar-refractivity contribution in [1.29, 1.82) is 0 Å². The molecule has 3 nitrogen and oxygen atoms in total. The van der Waals surface area contributed by atoms with Gasteiger partial charge in [-0.3, -0.25) is 0 Å². The maximum atomic E-state index is 11.7. The number of hydrogen-bond donors (Lipinski definition) is 2. The van der Waals surface area contributed by atoms with Gasteiger partial charge in [0, 0.05) is 5.69 Å². The van der Waals surface area contributed by atoms with Gasteiger partial charge in [0.2, 0.25) is 0 Å². The molecule has 0 amide bonds. The smallest absolute Gasteiger partial charge is 0.330 e. The fourth-order valence-corrected chi connectivity index (χ4v) is 2.73. The van der Waals surface area contributed by atoms with Crippen LogP contribution in [0.4, 0.5) is 5.69 Å². The van der Waals surface area contributed by atoms with E-state index in [0.29, 0.717) is 0 Å². The highest BCUT2D eigenvalue weighted by Crippen LogP contribution is 2.24. The molecule has 3 rings (SSSR count). The van der Waals surface area contributed by atoms with Crippen molar-refractivity contribution < 1.29 is 9.90 Å². The average Bonchev–Trinajstić information content (AvgIpc) is 2.67. The van der Waals surface area contributed by atoms with Crippen LogP contribution in [0.2, 0.25) is 0 Å². The summed E-state index contributed by atoms with van der Waals surface area (Å²) in [5.74, 6) is -0.909. The zero-order valence-electron chi connectivity index (χ0n) is 14.6. The third-order valence-corrected chi connectivity index (χ3v) is 4.17. The molecule has 2 N–H and O–H groups in total. The first-order valence-corrected chi connectivity index (χ1v) is 8.51. The lowest BCUT2D eigenvalue weighted by atomic mass is 10.0. The van der Waals surface area contributed by atoms with Gasteiger partial charge in [-0.05, 0) is 29.7 Å². The van der Waals surface area contributed by atoms with Crippen molar-refractivity contribution in [2.24, 2.45) is 0 Å². The molecule has 3 heteroatoms. The number of carboxylic acid groups (broad SMARTS) is 1. The van der Waals surface area contributed by atoms with E-state index in [-0.39, 0.29) is 0 Å². The number of para-hydroxylation sites is 1. The van der Waals surface area contributed by atoms with Gasteiger partial charge in [0.05, 0.1) is 0 Å². The normalized spacial score (nSPS) is 12.0. The summed E-state index contributed by atoms with van der Waals surface area (Å²) >= 11 is 0. The van der Waals surface area contributed by atoms with E-state index in [1.54, 1.807) is 0 Å². The summed E-state index contributed by atoms with van der Waals surface area (Å²) in [5.41, 5.74) is 4.76. The van der Waals surface area contributed by atoms with Crippen LogP contribution in [0.1, 0.15) is 28.3 Å². The van der Waals surface area contributed by atoms with Crippen LogP contribution in [0, 0.1) is 6.92 Å². The number of anilines is 1. The minimum Gasteiger partial charge on any atom is -0.479 e. The summed E-state index contributed by atoms with van der Waals surface area (Å²) in [6.07, 6.45) is 4.02. The van der Waals surface area contributed by atoms with Crippen LogP contribution in [0.15, 0.2) is 78.9 Å². The second kappa shape index (κ2) is 8.17. The van der Waals surface area contributed by atoms with Crippen molar-refractivity contribution >= 4 is 23.8 Å². The molecule has 26 heavy (non-hydrogen) atoms. The van der Waals surface area contributed by atoms with Crippen LogP contribution in [0.25, 0.3) is 12.2 Å². The van der Waals surface area contributed by atoms with Gasteiger partial charge in [0.15, 0.2) is 6.04 Å². The zero-order valence-corrected chi connectivity index (χ0v) is 14.6. The summed E-state index contributed by atoms with van der Waals surface area (Å²) < 4.78 is 0. The maximum absolute atomic E-state index is 11.7. The lowest BCUT2D eigenvalue weighted by Crippen LogP contribution is -2.20. The van der Waals surface area contributed by atoms with E-state index in [1.165, 1.54) is 5.56 Å². The largest absolute Gasteiger partial charge is 0.479 e. The molecule has 0 aromatic heterocycles. The molecule has 0 bridgehead atoms. The molecule has 0 heterocycles. The van der Waals surface area contributed by atoms with Gasteiger partial charge < -0.3 is 10.4 Å². The standard InChI is InChI=1S/C23H21NO2/c1-17-11-13-18(14-12-17)15-16-19-7-5-6-10-21(19)24-22(23(25)26)20-8-3-2-4-9-20/h2-16,22,24H,1H3,(H,25,26)/b16-15+. The first-order valence-electron chi connectivity index (χ1n) is 8.51. The highest BCUT2D eigenvalue weighted by atomic mass is 16.4. The molecule has 0 saturated heterocycles.